The number of rotatable bonds is 7. The average Bonchev–Trinajstić information content (AvgIpc) is 3.39. The van der Waals surface area contributed by atoms with Gasteiger partial charge >= 0.3 is 0 Å². The molecule has 0 saturated heterocycles. The molecule has 0 spiro atoms. The molecule has 5 rings (SSSR count). The van der Waals surface area contributed by atoms with Crippen LogP contribution in [0.15, 0.2) is 61.1 Å². The summed E-state index contributed by atoms with van der Waals surface area (Å²) in [5.74, 6) is 1.61. The highest BCUT2D eigenvalue weighted by molar-refractivity contribution is 5.84. The first kappa shape index (κ1) is 18.0. The number of aromatic nitrogens is 5. The van der Waals surface area contributed by atoms with Crippen LogP contribution in [0.3, 0.4) is 0 Å². The number of hydrogen-bond donors (Lipinski definition) is 5. The number of nitrogens with one attached hydrogen (secondary N) is 4. The molecule has 5 aromatic rings. The van der Waals surface area contributed by atoms with Gasteiger partial charge in [-0.25, -0.2) is 4.98 Å². The lowest BCUT2D eigenvalue weighted by Crippen LogP contribution is -2.09. The SMILES string of the molecule is Oc1ccc2[nH]cc(CCNc3ccnc(NCc4ccc5[nH]ncc5c4)n3)c2c1. The summed E-state index contributed by atoms with van der Waals surface area (Å²) in [5.41, 5.74) is 4.32. The van der Waals surface area contributed by atoms with E-state index < -0.39 is 0 Å². The summed E-state index contributed by atoms with van der Waals surface area (Å²) in [4.78, 5) is 12.1. The van der Waals surface area contributed by atoms with Crippen LogP contribution in [0.1, 0.15) is 11.1 Å². The van der Waals surface area contributed by atoms with E-state index in [4.69, 9.17) is 0 Å². The summed E-state index contributed by atoms with van der Waals surface area (Å²) in [5, 5.41) is 25.4. The molecule has 150 valence electrons. The Morgan fingerprint density at radius 1 is 1.00 bits per heavy atom. The predicted molar refractivity (Wildman–Crippen MR) is 118 cm³/mol. The Morgan fingerprint density at radius 3 is 2.90 bits per heavy atom. The maximum atomic E-state index is 9.72. The fraction of sp³-hybridized carbons (Fsp3) is 0.136. The van der Waals surface area contributed by atoms with Crippen LogP contribution >= 0.6 is 0 Å². The van der Waals surface area contributed by atoms with Gasteiger partial charge in [-0.3, -0.25) is 5.10 Å². The fourth-order valence-corrected chi connectivity index (χ4v) is 3.52. The minimum absolute atomic E-state index is 0.273. The number of H-pyrrole nitrogens is 2. The Bertz CT molecular complexity index is 1310. The predicted octanol–water partition coefficient (Wildman–Crippen LogP) is 3.81. The normalized spacial score (nSPS) is 11.2. The molecular weight excluding hydrogens is 378 g/mol. The van der Waals surface area contributed by atoms with Crippen molar-refractivity contribution in [1.29, 1.82) is 0 Å². The minimum atomic E-state index is 0.273. The van der Waals surface area contributed by atoms with Crippen LogP contribution in [0, 0.1) is 0 Å². The standard InChI is InChI=1S/C22H21N7O/c30-17-2-4-20-18(10-17)15(12-25-20)5-7-23-21-6-8-24-22(28-21)26-11-14-1-3-19-16(9-14)13-27-29-19/h1-4,6,8-10,12-13,25,30H,5,7,11H2,(H,27,29)(H2,23,24,26,28). The van der Waals surface area contributed by atoms with Gasteiger partial charge in [-0.05, 0) is 53.9 Å². The summed E-state index contributed by atoms with van der Waals surface area (Å²) in [7, 11) is 0. The van der Waals surface area contributed by atoms with Crippen LogP contribution in [0.2, 0.25) is 0 Å². The molecule has 0 atom stereocenters. The largest absolute Gasteiger partial charge is 0.508 e. The molecule has 5 N–H and O–H groups in total. The van der Waals surface area contributed by atoms with Crippen molar-refractivity contribution < 1.29 is 5.11 Å². The molecule has 3 aromatic heterocycles. The third kappa shape index (κ3) is 3.75. The van der Waals surface area contributed by atoms with E-state index in [2.05, 4.69) is 47.9 Å². The van der Waals surface area contributed by atoms with Crippen molar-refractivity contribution >= 4 is 33.6 Å². The number of hydrogen-bond acceptors (Lipinski definition) is 6. The van der Waals surface area contributed by atoms with Gasteiger partial charge in [-0.15, -0.1) is 0 Å². The van der Waals surface area contributed by atoms with E-state index >= 15 is 0 Å². The van der Waals surface area contributed by atoms with Crippen molar-refractivity contribution in [3.8, 4) is 5.75 Å². The van der Waals surface area contributed by atoms with Crippen LogP contribution < -0.4 is 10.6 Å². The fourth-order valence-electron chi connectivity index (χ4n) is 3.52. The summed E-state index contributed by atoms with van der Waals surface area (Å²) in [6.45, 7) is 1.35. The second-order valence-electron chi connectivity index (χ2n) is 7.13. The number of benzene rings is 2. The highest BCUT2D eigenvalue weighted by atomic mass is 16.3. The number of aromatic amines is 2. The molecule has 8 nitrogen and oxygen atoms in total. The van der Waals surface area contributed by atoms with Crippen molar-refractivity contribution in [2.24, 2.45) is 0 Å². The van der Waals surface area contributed by atoms with E-state index in [1.165, 1.54) is 0 Å². The molecule has 2 aromatic carbocycles. The quantitative estimate of drug-likeness (QED) is 0.284. The minimum Gasteiger partial charge on any atom is -0.508 e. The van der Waals surface area contributed by atoms with Crippen molar-refractivity contribution in [2.75, 3.05) is 17.2 Å². The topological polar surface area (TPSA) is 115 Å². The molecule has 8 heteroatoms. The van der Waals surface area contributed by atoms with Crippen molar-refractivity contribution in [3.05, 3.63) is 72.2 Å². The maximum Gasteiger partial charge on any atom is 0.224 e. The van der Waals surface area contributed by atoms with Gasteiger partial charge in [0, 0.05) is 41.8 Å². The van der Waals surface area contributed by atoms with Crippen LogP contribution in [0.4, 0.5) is 11.8 Å². The number of aromatic hydroxyl groups is 1. The number of phenols is 1. The van der Waals surface area contributed by atoms with Gasteiger partial charge in [0.05, 0.1) is 11.7 Å². The third-order valence-corrected chi connectivity index (χ3v) is 5.06. The molecule has 0 aliphatic heterocycles. The van der Waals surface area contributed by atoms with Gasteiger partial charge in [-0.2, -0.15) is 10.1 Å². The lowest BCUT2D eigenvalue weighted by molar-refractivity contribution is 0.476. The molecular formula is C22H21N7O. The van der Waals surface area contributed by atoms with Gasteiger partial charge < -0.3 is 20.7 Å². The van der Waals surface area contributed by atoms with Gasteiger partial charge in [-0.1, -0.05) is 6.07 Å². The molecule has 0 saturated carbocycles. The first-order chi connectivity index (χ1) is 14.7. The van der Waals surface area contributed by atoms with E-state index in [0.717, 1.165) is 51.7 Å². The second-order valence-corrected chi connectivity index (χ2v) is 7.13. The number of nitrogens with zero attached hydrogens (tertiary/aromatic N) is 3. The summed E-state index contributed by atoms with van der Waals surface area (Å²) in [6.07, 6.45) is 6.34. The first-order valence-electron chi connectivity index (χ1n) is 9.76. The zero-order valence-electron chi connectivity index (χ0n) is 16.2. The Hall–Kier alpha value is -4.07. The van der Waals surface area contributed by atoms with Gasteiger partial charge in [0.2, 0.25) is 5.95 Å². The lowest BCUT2D eigenvalue weighted by atomic mass is 10.1. The molecule has 0 aliphatic carbocycles. The summed E-state index contributed by atoms with van der Waals surface area (Å²) < 4.78 is 0. The van der Waals surface area contributed by atoms with Gasteiger partial charge in [0.1, 0.15) is 11.6 Å². The lowest BCUT2D eigenvalue weighted by Gasteiger charge is -2.08. The van der Waals surface area contributed by atoms with Crippen LogP contribution in [0.5, 0.6) is 5.75 Å². The zero-order valence-corrected chi connectivity index (χ0v) is 16.2. The van der Waals surface area contributed by atoms with Crippen molar-refractivity contribution in [3.63, 3.8) is 0 Å². The van der Waals surface area contributed by atoms with Crippen molar-refractivity contribution in [1.82, 2.24) is 25.1 Å². The highest BCUT2D eigenvalue weighted by Crippen LogP contribution is 2.23. The number of anilines is 2. The van der Waals surface area contributed by atoms with Gasteiger partial charge in [0.25, 0.3) is 0 Å². The maximum absolute atomic E-state index is 9.72. The molecule has 30 heavy (non-hydrogen) atoms. The Labute approximate surface area is 172 Å². The van der Waals surface area contributed by atoms with Crippen LogP contribution in [-0.2, 0) is 13.0 Å². The van der Waals surface area contributed by atoms with E-state index in [1.807, 2.05) is 30.6 Å². The zero-order chi connectivity index (χ0) is 20.3. The second kappa shape index (κ2) is 7.75. The Kier molecular flexibility index (Phi) is 4.65. The molecule has 3 heterocycles. The first-order valence-corrected chi connectivity index (χ1v) is 9.76. The van der Waals surface area contributed by atoms with Crippen LogP contribution in [0.25, 0.3) is 21.8 Å². The average molecular weight is 399 g/mol. The molecule has 0 radical (unpaired) electrons. The smallest absolute Gasteiger partial charge is 0.224 e. The molecule has 0 aliphatic rings. The number of fused-ring (bicyclic) bond motifs is 2. The molecule has 0 bridgehead atoms. The number of phenolic OH excluding ortho intramolecular Hbond substituents is 1. The Morgan fingerprint density at radius 2 is 1.93 bits per heavy atom. The summed E-state index contributed by atoms with van der Waals surface area (Å²) >= 11 is 0. The molecule has 0 amide bonds. The van der Waals surface area contributed by atoms with Crippen molar-refractivity contribution in [2.45, 2.75) is 13.0 Å². The monoisotopic (exact) mass is 399 g/mol. The van der Waals surface area contributed by atoms with E-state index in [0.29, 0.717) is 12.5 Å². The Balaban J connectivity index is 1.19. The molecule has 0 unspecified atom stereocenters. The molecule has 0 fully saturated rings. The van der Waals surface area contributed by atoms with E-state index in [9.17, 15) is 5.11 Å². The van der Waals surface area contributed by atoms with E-state index in [1.54, 1.807) is 18.3 Å². The highest BCUT2D eigenvalue weighted by Gasteiger charge is 2.05. The van der Waals surface area contributed by atoms with Crippen LogP contribution in [-0.4, -0.2) is 36.8 Å². The summed E-state index contributed by atoms with van der Waals surface area (Å²) in [6, 6.07) is 13.4. The third-order valence-electron chi connectivity index (χ3n) is 5.06. The van der Waals surface area contributed by atoms with E-state index in [-0.39, 0.29) is 5.75 Å². The van der Waals surface area contributed by atoms with Gasteiger partial charge in [0.15, 0.2) is 0 Å².